The quantitative estimate of drug-likeness (QED) is 0.535. The monoisotopic (exact) mass is 330 g/mol. The first-order valence-corrected chi connectivity index (χ1v) is 8.64. The molecule has 0 atom stereocenters. The Morgan fingerprint density at radius 3 is 2.92 bits per heavy atom. The van der Waals surface area contributed by atoms with Crippen LogP contribution >= 0.6 is 0 Å². The van der Waals surface area contributed by atoms with Crippen molar-refractivity contribution in [2.45, 2.75) is 39.0 Å². The maximum absolute atomic E-state index is 5.29. The second kappa shape index (κ2) is 7.51. The number of guanidine groups is 1. The van der Waals surface area contributed by atoms with Crippen molar-refractivity contribution < 1.29 is 4.42 Å². The minimum atomic E-state index is 0.473. The molecule has 0 unspecified atom stereocenters. The predicted octanol–water partition coefficient (Wildman–Crippen LogP) is 2.35. The van der Waals surface area contributed by atoms with Crippen LogP contribution in [0.1, 0.15) is 38.4 Å². The second-order valence-electron chi connectivity index (χ2n) is 6.39. The Labute approximate surface area is 142 Å². The van der Waals surface area contributed by atoms with Gasteiger partial charge in [0.1, 0.15) is 5.82 Å². The minimum absolute atomic E-state index is 0.473. The van der Waals surface area contributed by atoms with E-state index in [1.807, 2.05) is 12.1 Å². The molecule has 1 fully saturated rings. The smallest absolute Gasteiger partial charge is 0.216 e. The standard InChI is InChI=1S/C17H26N6O/c1-3-17(8-5-9-17)12-20-16(18-2)19-10-7-14-21-15(23-22-14)13-6-4-11-24-13/h4,6,11H,3,5,7-10,12H2,1-2H3,(H2,18,19,20)(H,21,22,23). The number of rotatable bonds is 7. The van der Waals surface area contributed by atoms with E-state index in [9.17, 15) is 0 Å². The van der Waals surface area contributed by atoms with E-state index >= 15 is 0 Å². The minimum Gasteiger partial charge on any atom is -0.461 e. The van der Waals surface area contributed by atoms with Crippen LogP contribution in [0.4, 0.5) is 0 Å². The molecule has 130 valence electrons. The van der Waals surface area contributed by atoms with Gasteiger partial charge in [0.15, 0.2) is 11.7 Å². The van der Waals surface area contributed by atoms with Crippen molar-refractivity contribution in [1.29, 1.82) is 0 Å². The summed E-state index contributed by atoms with van der Waals surface area (Å²) in [5.41, 5.74) is 0.473. The zero-order valence-corrected chi connectivity index (χ0v) is 14.4. The highest BCUT2D eigenvalue weighted by atomic mass is 16.3. The molecule has 2 aromatic rings. The molecule has 0 aromatic carbocycles. The molecule has 0 spiro atoms. The Hall–Kier alpha value is -2.31. The van der Waals surface area contributed by atoms with Crippen LogP contribution in [-0.4, -0.2) is 41.3 Å². The summed E-state index contributed by atoms with van der Waals surface area (Å²) in [5, 5.41) is 13.9. The Bertz CT molecular complexity index is 651. The van der Waals surface area contributed by atoms with E-state index in [1.165, 1.54) is 25.7 Å². The molecule has 0 saturated heterocycles. The summed E-state index contributed by atoms with van der Waals surface area (Å²) in [7, 11) is 1.80. The van der Waals surface area contributed by atoms with Crippen LogP contribution in [-0.2, 0) is 6.42 Å². The Balaban J connectivity index is 1.43. The third kappa shape index (κ3) is 3.77. The Kier molecular flexibility index (Phi) is 5.17. The highest BCUT2D eigenvalue weighted by molar-refractivity contribution is 5.79. The lowest BCUT2D eigenvalue weighted by molar-refractivity contribution is 0.131. The molecule has 3 N–H and O–H groups in total. The molecule has 0 bridgehead atoms. The highest BCUT2D eigenvalue weighted by Crippen LogP contribution is 2.42. The average molecular weight is 330 g/mol. The van der Waals surface area contributed by atoms with Crippen molar-refractivity contribution in [1.82, 2.24) is 25.8 Å². The van der Waals surface area contributed by atoms with Crippen LogP contribution in [0.2, 0.25) is 0 Å². The molecule has 24 heavy (non-hydrogen) atoms. The third-order valence-electron chi connectivity index (χ3n) is 4.95. The first-order valence-electron chi connectivity index (χ1n) is 8.64. The van der Waals surface area contributed by atoms with Gasteiger partial charge in [0.25, 0.3) is 0 Å². The van der Waals surface area contributed by atoms with Crippen LogP contribution in [0.5, 0.6) is 0 Å². The number of nitrogens with zero attached hydrogens (tertiary/aromatic N) is 3. The van der Waals surface area contributed by atoms with Gasteiger partial charge >= 0.3 is 0 Å². The van der Waals surface area contributed by atoms with Gasteiger partial charge in [-0.2, -0.15) is 5.10 Å². The SMILES string of the molecule is CCC1(CNC(=NC)NCCc2nc(-c3ccco3)n[nH]2)CCC1. The van der Waals surface area contributed by atoms with Crippen LogP contribution in [0.25, 0.3) is 11.6 Å². The number of aromatic nitrogens is 3. The number of aliphatic imine (C=N–C) groups is 1. The maximum atomic E-state index is 5.29. The van der Waals surface area contributed by atoms with Crippen molar-refractivity contribution in [3.8, 4) is 11.6 Å². The van der Waals surface area contributed by atoms with Gasteiger partial charge in [0, 0.05) is 26.6 Å². The van der Waals surface area contributed by atoms with Crippen molar-refractivity contribution in [2.75, 3.05) is 20.1 Å². The third-order valence-corrected chi connectivity index (χ3v) is 4.95. The van der Waals surface area contributed by atoms with E-state index in [2.05, 4.69) is 37.7 Å². The lowest BCUT2D eigenvalue weighted by atomic mass is 9.67. The van der Waals surface area contributed by atoms with Gasteiger partial charge < -0.3 is 15.1 Å². The molecule has 1 saturated carbocycles. The fourth-order valence-corrected chi connectivity index (χ4v) is 3.05. The number of furan rings is 1. The number of nitrogens with one attached hydrogen (secondary N) is 3. The summed E-state index contributed by atoms with van der Waals surface area (Å²) in [6.45, 7) is 4.01. The molecule has 7 nitrogen and oxygen atoms in total. The molecule has 0 aliphatic heterocycles. The molecule has 3 rings (SSSR count). The van der Waals surface area contributed by atoms with E-state index in [0.717, 1.165) is 31.3 Å². The molecule has 7 heteroatoms. The summed E-state index contributed by atoms with van der Waals surface area (Å²) in [6.07, 6.45) is 7.58. The van der Waals surface area contributed by atoms with E-state index in [0.29, 0.717) is 17.0 Å². The molecule has 2 aromatic heterocycles. The molecule has 0 amide bonds. The fraction of sp³-hybridized carbons (Fsp3) is 0.588. The van der Waals surface area contributed by atoms with Gasteiger partial charge in [0.05, 0.1) is 6.26 Å². The van der Waals surface area contributed by atoms with E-state index < -0.39 is 0 Å². The van der Waals surface area contributed by atoms with Gasteiger partial charge in [-0.3, -0.25) is 10.1 Å². The normalized spacial score (nSPS) is 16.7. The van der Waals surface area contributed by atoms with Gasteiger partial charge in [0.2, 0.25) is 5.82 Å². The summed E-state index contributed by atoms with van der Waals surface area (Å²) in [5.74, 6) is 2.94. The maximum Gasteiger partial charge on any atom is 0.216 e. The molecule has 0 radical (unpaired) electrons. The number of aromatic amines is 1. The first kappa shape index (κ1) is 16.5. The average Bonchev–Trinajstić information content (AvgIpc) is 3.23. The van der Waals surface area contributed by atoms with Crippen LogP contribution in [0.15, 0.2) is 27.8 Å². The molecular formula is C17H26N6O. The van der Waals surface area contributed by atoms with Gasteiger partial charge in [-0.25, -0.2) is 4.98 Å². The first-order chi connectivity index (χ1) is 11.7. The van der Waals surface area contributed by atoms with Crippen LogP contribution in [0, 0.1) is 5.41 Å². The van der Waals surface area contributed by atoms with Crippen LogP contribution < -0.4 is 10.6 Å². The van der Waals surface area contributed by atoms with E-state index in [-0.39, 0.29) is 0 Å². The predicted molar refractivity (Wildman–Crippen MR) is 93.7 cm³/mol. The molecular weight excluding hydrogens is 304 g/mol. The van der Waals surface area contributed by atoms with Crippen molar-refractivity contribution in [3.05, 3.63) is 24.2 Å². The summed E-state index contributed by atoms with van der Waals surface area (Å²) >= 11 is 0. The summed E-state index contributed by atoms with van der Waals surface area (Å²) in [4.78, 5) is 8.73. The van der Waals surface area contributed by atoms with Gasteiger partial charge in [-0.05, 0) is 36.8 Å². The Morgan fingerprint density at radius 2 is 2.29 bits per heavy atom. The summed E-state index contributed by atoms with van der Waals surface area (Å²) in [6, 6.07) is 3.68. The Morgan fingerprint density at radius 1 is 1.42 bits per heavy atom. The van der Waals surface area contributed by atoms with Crippen molar-refractivity contribution in [2.24, 2.45) is 10.4 Å². The van der Waals surface area contributed by atoms with Gasteiger partial charge in [-0.1, -0.05) is 13.3 Å². The lowest BCUT2D eigenvalue weighted by Gasteiger charge is -2.41. The van der Waals surface area contributed by atoms with Crippen LogP contribution in [0.3, 0.4) is 0 Å². The molecule has 2 heterocycles. The topological polar surface area (TPSA) is 91.1 Å². The van der Waals surface area contributed by atoms with E-state index in [4.69, 9.17) is 4.42 Å². The fourth-order valence-electron chi connectivity index (χ4n) is 3.05. The number of H-pyrrole nitrogens is 1. The largest absolute Gasteiger partial charge is 0.461 e. The van der Waals surface area contributed by atoms with E-state index in [1.54, 1.807) is 13.3 Å². The number of hydrogen-bond donors (Lipinski definition) is 3. The highest BCUT2D eigenvalue weighted by Gasteiger charge is 2.34. The lowest BCUT2D eigenvalue weighted by Crippen LogP contribution is -2.46. The second-order valence-corrected chi connectivity index (χ2v) is 6.39. The van der Waals surface area contributed by atoms with Gasteiger partial charge in [-0.15, -0.1) is 0 Å². The zero-order valence-electron chi connectivity index (χ0n) is 14.4. The van der Waals surface area contributed by atoms with Crippen molar-refractivity contribution in [3.63, 3.8) is 0 Å². The molecule has 1 aliphatic carbocycles. The molecule has 1 aliphatic rings. The summed E-state index contributed by atoms with van der Waals surface area (Å²) < 4.78 is 5.29. The van der Waals surface area contributed by atoms with Crippen molar-refractivity contribution >= 4 is 5.96 Å². The number of hydrogen-bond acceptors (Lipinski definition) is 4. The zero-order chi connectivity index (χ0) is 16.8.